The number of methoxy groups -OCH3 is 1. The van der Waals surface area contributed by atoms with Crippen molar-refractivity contribution in [3.8, 4) is 0 Å². The molecular weight excluding hydrogens is 234 g/mol. The molecule has 0 aliphatic rings. The topological polar surface area (TPSA) is 65.6 Å². The predicted octanol–water partition coefficient (Wildman–Crippen LogP) is 0.758. The van der Waals surface area contributed by atoms with Gasteiger partial charge in [0.15, 0.2) is 0 Å². The molecular formula is C12H15N3O3. The molecule has 0 unspecified atom stereocenters. The first-order valence-corrected chi connectivity index (χ1v) is 5.74. The molecule has 0 saturated heterocycles. The minimum Gasteiger partial charge on any atom is -0.469 e. The summed E-state index contributed by atoms with van der Waals surface area (Å²) >= 11 is 0. The van der Waals surface area contributed by atoms with E-state index in [2.05, 4.69) is 9.84 Å². The molecule has 0 atom stereocenters. The summed E-state index contributed by atoms with van der Waals surface area (Å²) in [5.74, 6) is -0.260. The van der Waals surface area contributed by atoms with Gasteiger partial charge in [-0.2, -0.15) is 5.10 Å². The Kier molecular flexibility index (Phi) is 3.45. The molecule has 96 valence electrons. The van der Waals surface area contributed by atoms with Crippen molar-refractivity contribution in [1.82, 2.24) is 14.2 Å². The van der Waals surface area contributed by atoms with Gasteiger partial charge in [0, 0.05) is 25.4 Å². The first kappa shape index (κ1) is 12.3. The number of esters is 1. The van der Waals surface area contributed by atoms with Crippen molar-refractivity contribution in [2.75, 3.05) is 7.11 Å². The maximum absolute atomic E-state index is 12.1. The fraction of sp³-hybridized carbons (Fsp3) is 0.417. The summed E-state index contributed by atoms with van der Waals surface area (Å²) in [5.41, 5.74) is 1.26. The zero-order chi connectivity index (χ0) is 13.1. The van der Waals surface area contributed by atoms with Crippen LogP contribution in [0, 0.1) is 6.92 Å². The lowest BCUT2D eigenvalue weighted by atomic mass is 10.3. The second-order valence-corrected chi connectivity index (χ2v) is 4.09. The minimum absolute atomic E-state index is 0.0945. The number of hydrogen-bond donors (Lipinski definition) is 0. The maximum Gasteiger partial charge on any atom is 0.305 e. The van der Waals surface area contributed by atoms with Crippen molar-refractivity contribution in [1.29, 1.82) is 0 Å². The van der Waals surface area contributed by atoms with Gasteiger partial charge in [0.05, 0.1) is 12.8 Å². The number of aryl methyl sites for hydroxylation is 2. The van der Waals surface area contributed by atoms with Crippen LogP contribution in [0.2, 0.25) is 0 Å². The third kappa shape index (κ3) is 2.42. The van der Waals surface area contributed by atoms with Crippen LogP contribution in [0.4, 0.5) is 0 Å². The Labute approximate surface area is 104 Å². The van der Waals surface area contributed by atoms with Crippen LogP contribution in [0.3, 0.4) is 0 Å². The molecule has 0 bridgehead atoms. The molecule has 2 aromatic heterocycles. The minimum atomic E-state index is -0.260. The van der Waals surface area contributed by atoms with E-state index in [4.69, 9.17) is 0 Å². The van der Waals surface area contributed by atoms with Gasteiger partial charge in [-0.15, -0.1) is 0 Å². The highest BCUT2D eigenvalue weighted by atomic mass is 16.5. The highest BCUT2D eigenvalue weighted by Gasteiger charge is 2.06. The lowest BCUT2D eigenvalue weighted by Crippen LogP contribution is -2.21. The second kappa shape index (κ2) is 5.03. The Hall–Kier alpha value is -2.11. The van der Waals surface area contributed by atoms with Crippen LogP contribution >= 0.6 is 0 Å². The number of ether oxygens (including phenoxy) is 1. The number of rotatable bonds is 4. The summed E-state index contributed by atoms with van der Waals surface area (Å²) in [6.45, 7) is 2.34. The van der Waals surface area contributed by atoms with Gasteiger partial charge < -0.3 is 9.30 Å². The van der Waals surface area contributed by atoms with Crippen LogP contribution in [-0.4, -0.2) is 27.3 Å². The van der Waals surface area contributed by atoms with Crippen molar-refractivity contribution >= 4 is 11.5 Å². The van der Waals surface area contributed by atoms with E-state index in [1.54, 1.807) is 27.5 Å². The molecule has 2 heterocycles. The molecule has 0 aliphatic carbocycles. The third-order valence-electron chi connectivity index (χ3n) is 2.73. The van der Waals surface area contributed by atoms with Crippen molar-refractivity contribution < 1.29 is 9.53 Å². The highest BCUT2D eigenvalue weighted by Crippen LogP contribution is 2.01. The molecule has 2 rings (SSSR count). The average Bonchev–Trinajstić information content (AvgIpc) is 2.73. The zero-order valence-electron chi connectivity index (χ0n) is 10.4. The Balaban J connectivity index is 2.16. The second-order valence-electron chi connectivity index (χ2n) is 4.09. The molecule has 0 aliphatic heterocycles. The largest absolute Gasteiger partial charge is 0.469 e. The number of carbonyl (C=O) groups is 1. The normalized spacial score (nSPS) is 10.8. The fourth-order valence-electron chi connectivity index (χ4n) is 1.82. The van der Waals surface area contributed by atoms with Gasteiger partial charge in [-0.3, -0.25) is 9.59 Å². The SMILES string of the molecule is COC(=O)CCCn1ccn2nc(C)cc2c1=O. The summed E-state index contributed by atoms with van der Waals surface area (Å²) in [7, 11) is 1.36. The standard InChI is InChI=1S/C12H15N3O3/c1-9-8-10-12(17)14(6-7-15(10)13-9)5-3-4-11(16)18-2/h6-8H,3-5H2,1-2H3. The van der Waals surface area contributed by atoms with Crippen LogP contribution in [0.15, 0.2) is 23.3 Å². The van der Waals surface area contributed by atoms with E-state index < -0.39 is 0 Å². The van der Waals surface area contributed by atoms with Crippen molar-refractivity contribution in [2.45, 2.75) is 26.3 Å². The number of carbonyl (C=O) groups excluding carboxylic acids is 1. The first-order chi connectivity index (χ1) is 8.61. The van der Waals surface area contributed by atoms with Crippen molar-refractivity contribution in [3.05, 3.63) is 34.5 Å². The van der Waals surface area contributed by atoms with E-state index in [0.717, 1.165) is 5.69 Å². The predicted molar refractivity (Wildman–Crippen MR) is 65.4 cm³/mol. The van der Waals surface area contributed by atoms with Gasteiger partial charge in [0.25, 0.3) is 5.56 Å². The van der Waals surface area contributed by atoms with E-state index in [1.807, 2.05) is 6.92 Å². The molecule has 0 amide bonds. The third-order valence-corrected chi connectivity index (χ3v) is 2.73. The summed E-state index contributed by atoms with van der Waals surface area (Å²) in [6, 6.07) is 1.75. The summed E-state index contributed by atoms with van der Waals surface area (Å²) in [6.07, 6.45) is 4.31. The number of hydrogen-bond acceptors (Lipinski definition) is 4. The Bertz CT molecular complexity index is 627. The molecule has 0 spiro atoms. The van der Waals surface area contributed by atoms with Crippen molar-refractivity contribution in [3.63, 3.8) is 0 Å². The van der Waals surface area contributed by atoms with Gasteiger partial charge in [-0.25, -0.2) is 4.52 Å². The summed E-state index contributed by atoms with van der Waals surface area (Å²) < 4.78 is 7.70. The molecule has 0 radical (unpaired) electrons. The molecule has 0 saturated carbocycles. The number of nitrogens with zero attached hydrogens (tertiary/aromatic N) is 3. The molecule has 6 nitrogen and oxygen atoms in total. The first-order valence-electron chi connectivity index (χ1n) is 5.74. The fourth-order valence-corrected chi connectivity index (χ4v) is 1.82. The quantitative estimate of drug-likeness (QED) is 0.750. The summed E-state index contributed by atoms with van der Waals surface area (Å²) in [5, 5.41) is 4.17. The maximum atomic E-state index is 12.1. The highest BCUT2D eigenvalue weighted by molar-refractivity contribution is 5.68. The lowest BCUT2D eigenvalue weighted by molar-refractivity contribution is -0.140. The Morgan fingerprint density at radius 1 is 1.44 bits per heavy atom. The monoisotopic (exact) mass is 249 g/mol. The Morgan fingerprint density at radius 2 is 2.22 bits per heavy atom. The number of aromatic nitrogens is 3. The van der Waals surface area contributed by atoms with E-state index in [1.165, 1.54) is 7.11 Å². The van der Waals surface area contributed by atoms with Crippen LogP contribution in [0.25, 0.3) is 5.52 Å². The van der Waals surface area contributed by atoms with E-state index in [0.29, 0.717) is 24.9 Å². The van der Waals surface area contributed by atoms with Crippen LogP contribution in [0.5, 0.6) is 0 Å². The molecule has 0 N–H and O–H groups in total. The Morgan fingerprint density at radius 3 is 2.94 bits per heavy atom. The van der Waals surface area contributed by atoms with E-state index in [-0.39, 0.29) is 11.5 Å². The van der Waals surface area contributed by atoms with E-state index in [9.17, 15) is 9.59 Å². The van der Waals surface area contributed by atoms with Gasteiger partial charge in [0.2, 0.25) is 0 Å². The van der Waals surface area contributed by atoms with Crippen LogP contribution in [0.1, 0.15) is 18.5 Å². The molecule has 6 heteroatoms. The molecule has 0 aromatic carbocycles. The van der Waals surface area contributed by atoms with E-state index >= 15 is 0 Å². The van der Waals surface area contributed by atoms with Gasteiger partial charge in [0.1, 0.15) is 5.52 Å². The van der Waals surface area contributed by atoms with Crippen molar-refractivity contribution in [2.24, 2.45) is 0 Å². The lowest BCUT2D eigenvalue weighted by Gasteiger charge is -2.05. The molecule has 2 aromatic rings. The number of fused-ring (bicyclic) bond motifs is 1. The van der Waals surface area contributed by atoms with Crippen LogP contribution in [-0.2, 0) is 16.1 Å². The van der Waals surface area contributed by atoms with Gasteiger partial charge >= 0.3 is 5.97 Å². The van der Waals surface area contributed by atoms with Gasteiger partial charge in [-0.05, 0) is 19.4 Å². The zero-order valence-corrected chi connectivity index (χ0v) is 10.4. The smallest absolute Gasteiger partial charge is 0.305 e. The average molecular weight is 249 g/mol. The molecule has 18 heavy (non-hydrogen) atoms. The van der Waals surface area contributed by atoms with Gasteiger partial charge in [-0.1, -0.05) is 0 Å². The molecule has 0 fully saturated rings. The summed E-state index contributed by atoms with van der Waals surface area (Å²) in [4.78, 5) is 23.1. The van der Waals surface area contributed by atoms with Crippen LogP contribution < -0.4 is 5.56 Å².